The average molecular weight is 656 g/mol. The van der Waals surface area contributed by atoms with Gasteiger partial charge in [-0.25, -0.2) is 4.79 Å². The number of methoxy groups -OCH3 is 1. The second-order valence-corrected chi connectivity index (χ2v) is 12.2. The standard InChI is InChI=1S/C29H40N4O6Se.ClH/c1-18(2)25(28(36)32-24(29(37)38)12-8-9-20-13-15-21(39-4)16-14-20)33-26(34)19(3)31-27(35)23(30)17-40-22-10-6-5-7-11-22;/h5-7,10-11,13-16,18-19,23-25H,8-9,12,17,30H2,1-4H3,(H,31,35)(H,32,36)(H,33,34)(H,37,38);1H/t19-,23+,24-,25-;/m0./s1. The molecular weight excluding hydrogens is 615 g/mol. The van der Waals surface area contributed by atoms with Gasteiger partial charge in [0.15, 0.2) is 0 Å². The van der Waals surface area contributed by atoms with Gasteiger partial charge in [0.25, 0.3) is 0 Å². The van der Waals surface area contributed by atoms with Crippen LogP contribution in [0.25, 0.3) is 0 Å². The minimum atomic E-state index is -1.14. The summed E-state index contributed by atoms with van der Waals surface area (Å²) in [5, 5.41) is 18.2. The SMILES string of the molecule is COc1ccc(CCC[C@H](NC(=O)[C@@H](NC(=O)[C@H](C)NC(=O)[C@H]([NH3+])C[Se]c2ccccc2)C(C)C)C(=O)O)cc1.[Cl-]. The van der Waals surface area contributed by atoms with E-state index in [1.165, 1.54) is 6.92 Å². The maximum absolute atomic E-state index is 13.0. The summed E-state index contributed by atoms with van der Waals surface area (Å²) < 4.78 is 6.31. The predicted molar refractivity (Wildman–Crippen MR) is 153 cm³/mol. The molecule has 2 aromatic carbocycles. The number of carboxylic acids is 1. The van der Waals surface area contributed by atoms with Crippen LogP contribution in [0.3, 0.4) is 0 Å². The number of carbonyl (C=O) groups is 4. The van der Waals surface area contributed by atoms with Crippen molar-refractivity contribution >= 4 is 43.1 Å². The quantitative estimate of drug-likeness (QED) is 0.124. The molecule has 0 unspecified atom stereocenters. The summed E-state index contributed by atoms with van der Waals surface area (Å²) >= 11 is 0.0761. The Morgan fingerprint density at radius 1 is 0.902 bits per heavy atom. The van der Waals surface area contributed by atoms with Gasteiger partial charge in [0.2, 0.25) is 0 Å². The summed E-state index contributed by atoms with van der Waals surface area (Å²) in [6, 6.07) is 13.9. The van der Waals surface area contributed by atoms with Gasteiger partial charge < -0.3 is 22.3 Å². The normalized spacial score (nSPS) is 13.6. The fourth-order valence-electron chi connectivity index (χ4n) is 3.82. The number of hydrogen-bond acceptors (Lipinski definition) is 5. The summed E-state index contributed by atoms with van der Waals surface area (Å²) in [7, 11) is 1.59. The van der Waals surface area contributed by atoms with Gasteiger partial charge in [0.1, 0.15) is 5.75 Å². The molecule has 0 aromatic heterocycles. The molecule has 0 aliphatic carbocycles. The van der Waals surface area contributed by atoms with Crippen LogP contribution in [0.15, 0.2) is 54.6 Å². The number of halogens is 1. The van der Waals surface area contributed by atoms with Crippen molar-refractivity contribution in [3.05, 3.63) is 60.2 Å². The number of carbonyl (C=O) groups excluding carboxylic acids is 3. The predicted octanol–water partition coefficient (Wildman–Crippen LogP) is -2.70. The molecule has 226 valence electrons. The van der Waals surface area contributed by atoms with E-state index in [0.717, 1.165) is 15.8 Å². The fourth-order valence-corrected chi connectivity index (χ4v) is 5.70. The number of carboxylic acid groups (broad SMARTS) is 1. The van der Waals surface area contributed by atoms with Gasteiger partial charge >= 0.3 is 172 Å². The monoisotopic (exact) mass is 656 g/mol. The van der Waals surface area contributed by atoms with Crippen molar-refractivity contribution in [2.45, 2.75) is 69.5 Å². The molecule has 0 heterocycles. The number of quaternary nitrogens is 1. The number of aliphatic carboxylic acids is 1. The minimum absolute atomic E-state index is 0. The first-order valence-electron chi connectivity index (χ1n) is 13.3. The average Bonchev–Trinajstić information content (AvgIpc) is 2.94. The van der Waals surface area contributed by atoms with Crippen LogP contribution in [0.2, 0.25) is 5.32 Å². The van der Waals surface area contributed by atoms with E-state index in [0.29, 0.717) is 18.2 Å². The van der Waals surface area contributed by atoms with Crippen LogP contribution in [-0.2, 0) is 25.6 Å². The van der Waals surface area contributed by atoms with Gasteiger partial charge in [0, 0.05) is 0 Å². The molecule has 0 saturated heterocycles. The van der Waals surface area contributed by atoms with E-state index < -0.39 is 42.0 Å². The number of rotatable bonds is 16. The van der Waals surface area contributed by atoms with E-state index in [9.17, 15) is 24.3 Å². The molecule has 3 amide bonds. The van der Waals surface area contributed by atoms with Crippen molar-refractivity contribution < 1.29 is 47.2 Å². The van der Waals surface area contributed by atoms with Gasteiger partial charge in [-0.1, -0.05) is 12.1 Å². The van der Waals surface area contributed by atoms with Crippen LogP contribution in [0, 0.1) is 5.92 Å². The van der Waals surface area contributed by atoms with Gasteiger partial charge in [0.05, 0.1) is 7.11 Å². The molecule has 2 rings (SSSR count). The van der Waals surface area contributed by atoms with Crippen LogP contribution in [-0.4, -0.2) is 75.0 Å². The Labute approximate surface area is 254 Å². The van der Waals surface area contributed by atoms with Crippen molar-refractivity contribution in [2.24, 2.45) is 5.92 Å². The summed E-state index contributed by atoms with van der Waals surface area (Å²) in [5.74, 6) is -2.17. The summed E-state index contributed by atoms with van der Waals surface area (Å²) in [5.41, 5.74) is 4.96. The van der Waals surface area contributed by atoms with Crippen LogP contribution in [0.4, 0.5) is 0 Å². The third kappa shape index (κ3) is 12.5. The summed E-state index contributed by atoms with van der Waals surface area (Å²) in [4.78, 5) is 50.3. The third-order valence-electron chi connectivity index (χ3n) is 6.30. The van der Waals surface area contributed by atoms with Crippen molar-refractivity contribution in [1.29, 1.82) is 0 Å². The molecule has 0 aliphatic rings. The Bertz CT molecular complexity index is 1120. The maximum atomic E-state index is 13.0. The van der Waals surface area contributed by atoms with Gasteiger partial charge in [-0.15, -0.1) is 0 Å². The summed E-state index contributed by atoms with van der Waals surface area (Å²) in [6.07, 6.45) is 1.42. The molecule has 4 atom stereocenters. The molecule has 0 bridgehead atoms. The Kier molecular flexibility index (Phi) is 16.1. The van der Waals surface area contributed by atoms with Crippen molar-refractivity contribution in [3.8, 4) is 5.75 Å². The van der Waals surface area contributed by atoms with Crippen LogP contribution in [0.5, 0.6) is 5.75 Å². The van der Waals surface area contributed by atoms with E-state index in [2.05, 4.69) is 21.7 Å². The first-order valence-corrected chi connectivity index (χ1v) is 15.4. The van der Waals surface area contributed by atoms with Gasteiger partial charge in [-0.05, 0) is 30.5 Å². The smallest absolute Gasteiger partial charge is 1.00 e. The second-order valence-electron chi connectivity index (χ2n) is 9.92. The Hall–Kier alpha value is -3.11. The van der Waals surface area contributed by atoms with Crippen LogP contribution >= 0.6 is 0 Å². The van der Waals surface area contributed by atoms with E-state index in [4.69, 9.17) is 4.74 Å². The molecule has 10 nitrogen and oxygen atoms in total. The minimum Gasteiger partial charge on any atom is -1.00 e. The van der Waals surface area contributed by atoms with Gasteiger partial charge in [-0.3, -0.25) is 0 Å². The Balaban J connectivity index is 0.00000840. The third-order valence-corrected chi connectivity index (χ3v) is 8.76. The zero-order valence-corrected chi connectivity index (χ0v) is 26.4. The number of ether oxygens (including phenoxy) is 1. The van der Waals surface area contributed by atoms with E-state index in [1.54, 1.807) is 21.0 Å². The van der Waals surface area contributed by atoms with Crippen molar-refractivity contribution in [2.75, 3.05) is 7.11 Å². The topological polar surface area (TPSA) is 161 Å². The number of aryl methyl sites for hydroxylation is 1. The number of amides is 3. The molecule has 41 heavy (non-hydrogen) atoms. The zero-order chi connectivity index (χ0) is 29.7. The second kappa shape index (κ2) is 18.3. The molecule has 0 saturated carbocycles. The number of hydrogen-bond donors (Lipinski definition) is 5. The molecule has 12 heteroatoms. The Morgan fingerprint density at radius 3 is 2.10 bits per heavy atom. The first kappa shape index (κ1) is 35.9. The molecule has 0 aliphatic heterocycles. The van der Waals surface area contributed by atoms with Crippen LogP contribution < -0.4 is 43.3 Å². The summed E-state index contributed by atoms with van der Waals surface area (Å²) in [6.45, 7) is 5.05. The molecule has 2 aromatic rings. The van der Waals surface area contributed by atoms with Crippen molar-refractivity contribution in [1.82, 2.24) is 16.0 Å². The van der Waals surface area contributed by atoms with Crippen molar-refractivity contribution in [3.63, 3.8) is 0 Å². The number of benzene rings is 2. The van der Waals surface area contributed by atoms with E-state index >= 15 is 0 Å². The molecule has 0 radical (unpaired) electrons. The Morgan fingerprint density at radius 2 is 1.54 bits per heavy atom. The molecule has 0 fully saturated rings. The first-order chi connectivity index (χ1) is 19.0. The molecular formula is C29H41ClN4O6Se. The van der Waals surface area contributed by atoms with Gasteiger partial charge in [-0.2, -0.15) is 0 Å². The van der Waals surface area contributed by atoms with Crippen LogP contribution in [0.1, 0.15) is 39.2 Å². The van der Waals surface area contributed by atoms with E-state index in [-0.39, 0.29) is 45.6 Å². The molecule has 7 N–H and O–H groups in total. The van der Waals surface area contributed by atoms with E-state index in [1.807, 2.05) is 54.6 Å². The number of nitrogens with one attached hydrogen (secondary N) is 3. The zero-order valence-electron chi connectivity index (χ0n) is 23.9. The fraction of sp³-hybridized carbons (Fsp3) is 0.448. The molecule has 0 spiro atoms.